The van der Waals surface area contributed by atoms with Crippen molar-refractivity contribution in [3.8, 4) is 5.75 Å². The SMILES string of the molecule is CC(C(=O)OCCOc1ccc(Br)cc1)N1C(=O)c2ccccc2C1=O. The van der Waals surface area contributed by atoms with E-state index in [9.17, 15) is 14.4 Å². The van der Waals surface area contributed by atoms with Gasteiger partial charge >= 0.3 is 5.97 Å². The first-order valence-electron chi connectivity index (χ1n) is 8.01. The predicted octanol–water partition coefficient (Wildman–Crippen LogP) is 3.06. The van der Waals surface area contributed by atoms with Crippen LogP contribution in [0.25, 0.3) is 0 Å². The number of carbonyl (C=O) groups is 3. The molecule has 1 atom stereocenters. The van der Waals surface area contributed by atoms with Gasteiger partial charge < -0.3 is 9.47 Å². The van der Waals surface area contributed by atoms with Gasteiger partial charge in [-0.3, -0.25) is 14.5 Å². The number of carbonyl (C=O) groups excluding carboxylic acids is 3. The normalized spacial score (nSPS) is 14.2. The molecule has 2 amide bonds. The highest BCUT2D eigenvalue weighted by Crippen LogP contribution is 2.24. The molecule has 7 heteroatoms. The van der Waals surface area contributed by atoms with E-state index in [2.05, 4.69) is 15.9 Å². The van der Waals surface area contributed by atoms with Crippen LogP contribution in [0.2, 0.25) is 0 Å². The number of benzene rings is 2. The molecular weight excluding hydrogens is 402 g/mol. The van der Waals surface area contributed by atoms with E-state index in [-0.39, 0.29) is 13.2 Å². The van der Waals surface area contributed by atoms with Gasteiger partial charge in [0.05, 0.1) is 11.1 Å². The van der Waals surface area contributed by atoms with E-state index in [1.807, 2.05) is 12.1 Å². The molecule has 2 aromatic rings. The number of nitrogens with zero attached hydrogens (tertiary/aromatic N) is 1. The average molecular weight is 418 g/mol. The highest BCUT2D eigenvalue weighted by atomic mass is 79.9. The molecule has 3 rings (SSSR count). The van der Waals surface area contributed by atoms with Gasteiger partial charge in [0, 0.05) is 4.47 Å². The smallest absolute Gasteiger partial charge is 0.329 e. The Hall–Kier alpha value is -2.67. The van der Waals surface area contributed by atoms with Crippen LogP contribution in [0.15, 0.2) is 53.0 Å². The molecule has 1 aliphatic rings. The topological polar surface area (TPSA) is 72.9 Å². The molecule has 0 radical (unpaired) electrons. The van der Waals surface area contributed by atoms with Crippen molar-refractivity contribution < 1.29 is 23.9 Å². The molecule has 0 aromatic heterocycles. The standard InChI is InChI=1S/C19H16BrNO5/c1-12(21-17(22)15-4-2-3-5-16(15)18(21)23)19(24)26-11-10-25-14-8-6-13(20)7-9-14/h2-9,12H,10-11H2,1H3. The molecule has 2 aromatic carbocycles. The molecule has 0 fully saturated rings. The fourth-order valence-corrected chi connectivity index (χ4v) is 2.88. The van der Waals surface area contributed by atoms with E-state index in [1.54, 1.807) is 36.4 Å². The molecule has 134 valence electrons. The molecule has 0 saturated carbocycles. The van der Waals surface area contributed by atoms with E-state index in [1.165, 1.54) is 6.92 Å². The third-order valence-electron chi connectivity index (χ3n) is 3.96. The molecule has 0 spiro atoms. The van der Waals surface area contributed by atoms with Crippen molar-refractivity contribution in [2.45, 2.75) is 13.0 Å². The molecule has 6 nitrogen and oxygen atoms in total. The Morgan fingerprint density at radius 2 is 1.58 bits per heavy atom. The number of hydrogen-bond donors (Lipinski definition) is 0. The molecule has 0 saturated heterocycles. The zero-order valence-electron chi connectivity index (χ0n) is 14.0. The Labute approximate surface area is 158 Å². The zero-order chi connectivity index (χ0) is 18.7. The van der Waals surface area contributed by atoms with Crippen molar-refractivity contribution >= 4 is 33.7 Å². The molecule has 1 unspecified atom stereocenters. The van der Waals surface area contributed by atoms with E-state index >= 15 is 0 Å². The van der Waals surface area contributed by atoms with Gasteiger partial charge in [0.15, 0.2) is 0 Å². The Bertz CT molecular complexity index is 814. The Morgan fingerprint density at radius 3 is 2.15 bits per heavy atom. The number of esters is 1. The first-order chi connectivity index (χ1) is 12.5. The fraction of sp³-hybridized carbons (Fsp3) is 0.211. The van der Waals surface area contributed by atoms with E-state index < -0.39 is 23.8 Å². The van der Waals surface area contributed by atoms with Crippen LogP contribution in [0.1, 0.15) is 27.6 Å². The van der Waals surface area contributed by atoms with Crippen LogP contribution in [-0.4, -0.2) is 41.9 Å². The maximum atomic E-state index is 12.4. The van der Waals surface area contributed by atoms with E-state index in [0.29, 0.717) is 16.9 Å². The van der Waals surface area contributed by atoms with Crippen molar-refractivity contribution in [1.82, 2.24) is 4.90 Å². The largest absolute Gasteiger partial charge is 0.490 e. The summed E-state index contributed by atoms with van der Waals surface area (Å²) in [4.78, 5) is 37.9. The number of amides is 2. The molecular formula is C19H16BrNO5. The van der Waals surface area contributed by atoms with Crippen molar-refractivity contribution in [3.05, 3.63) is 64.1 Å². The maximum Gasteiger partial charge on any atom is 0.329 e. The predicted molar refractivity (Wildman–Crippen MR) is 97.0 cm³/mol. The highest BCUT2D eigenvalue weighted by molar-refractivity contribution is 9.10. The average Bonchev–Trinajstić information content (AvgIpc) is 2.90. The second-order valence-electron chi connectivity index (χ2n) is 5.67. The second-order valence-corrected chi connectivity index (χ2v) is 6.59. The Morgan fingerprint density at radius 1 is 1.00 bits per heavy atom. The summed E-state index contributed by atoms with van der Waals surface area (Å²) in [6, 6.07) is 12.7. The Balaban J connectivity index is 1.53. The highest BCUT2D eigenvalue weighted by Gasteiger charge is 2.41. The third kappa shape index (κ3) is 3.62. The molecule has 1 aliphatic heterocycles. The first-order valence-corrected chi connectivity index (χ1v) is 8.80. The van der Waals surface area contributed by atoms with Crippen molar-refractivity contribution in [3.63, 3.8) is 0 Å². The number of imide groups is 1. The lowest BCUT2D eigenvalue weighted by Crippen LogP contribution is -2.44. The summed E-state index contributed by atoms with van der Waals surface area (Å²) in [6.07, 6.45) is 0. The van der Waals surface area contributed by atoms with Crippen LogP contribution in [0, 0.1) is 0 Å². The second kappa shape index (κ2) is 7.70. The van der Waals surface area contributed by atoms with Crippen LogP contribution >= 0.6 is 15.9 Å². The third-order valence-corrected chi connectivity index (χ3v) is 4.49. The minimum atomic E-state index is -1.00. The summed E-state index contributed by atoms with van der Waals surface area (Å²) in [5.41, 5.74) is 0.603. The minimum absolute atomic E-state index is 0.0163. The van der Waals surface area contributed by atoms with Crippen molar-refractivity contribution in [2.24, 2.45) is 0 Å². The van der Waals surface area contributed by atoms with E-state index in [4.69, 9.17) is 9.47 Å². The number of halogens is 1. The van der Waals surface area contributed by atoms with Gasteiger partial charge in [-0.1, -0.05) is 28.1 Å². The van der Waals surface area contributed by atoms with Gasteiger partial charge in [-0.05, 0) is 43.3 Å². The van der Waals surface area contributed by atoms with Gasteiger partial charge in [-0.15, -0.1) is 0 Å². The maximum absolute atomic E-state index is 12.4. The summed E-state index contributed by atoms with van der Waals surface area (Å²) in [5.74, 6) is -0.973. The van der Waals surface area contributed by atoms with Gasteiger partial charge in [0.25, 0.3) is 11.8 Å². The molecule has 1 heterocycles. The monoisotopic (exact) mass is 417 g/mol. The summed E-state index contributed by atoms with van der Waals surface area (Å²) >= 11 is 3.33. The summed E-state index contributed by atoms with van der Waals surface area (Å²) in [5, 5.41) is 0. The lowest BCUT2D eigenvalue weighted by atomic mass is 10.1. The minimum Gasteiger partial charge on any atom is -0.490 e. The van der Waals surface area contributed by atoms with Crippen molar-refractivity contribution in [1.29, 1.82) is 0 Å². The number of ether oxygens (including phenoxy) is 2. The number of rotatable bonds is 6. The summed E-state index contributed by atoms with van der Waals surface area (Å²) in [6.45, 7) is 1.66. The molecule has 0 aliphatic carbocycles. The van der Waals surface area contributed by atoms with Crippen LogP contribution < -0.4 is 4.74 Å². The lowest BCUT2D eigenvalue weighted by molar-refractivity contribution is -0.148. The first kappa shape index (κ1) is 18.1. The molecule has 0 bridgehead atoms. The van der Waals surface area contributed by atoms with Gasteiger partial charge in [-0.25, -0.2) is 4.79 Å². The van der Waals surface area contributed by atoms with Crippen LogP contribution in [0.4, 0.5) is 0 Å². The molecule has 0 N–H and O–H groups in total. The summed E-state index contributed by atoms with van der Waals surface area (Å²) in [7, 11) is 0. The van der Waals surface area contributed by atoms with Crippen LogP contribution in [0.3, 0.4) is 0 Å². The van der Waals surface area contributed by atoms with Gasteiger partial charge in [0.1, 0.15) is 25.0 Å². The van der Waals surface area contributed by atoms with Crippen LogP contribution in [-0.2, 0) is 9.53 Å². The van der Waals surface area contributed by atoms with Gasteiger partial charge in [0.2, 0.25) is 0 Å². The fourth-order valence-electron chi connectivity index (χ4n) is 2.62. The molecule has 26 heavy (non-hydrogen) atoms. The van der Waals surface area contributed by atoms with E-state index in [0.717, 1.165) is 9.37 Å². The number of hydrogen-bond acceptors (Lipinski definition) is 5. The number of fused-ring (bicyclic) bond motifs is 1. The zero-order valence-corrected chi connectivity index (χ0v) is 15.6. The summed E-state index contributed by atoms with van der Waals surface area (Å²) < 4.78 is 11.5. The quantitative estimate of drug-likeness (QED) is 0.410. The van der Waals surface area contributed by atoms with Gasteiger partial charge in [-0.2, -0.15) is 0 Å². The van der Waals surface area contributed by atoms with Crippen molar-refractivity contribution in [2.75, 3.05) is 13.2 Å². The lowest BCUT2D eigenvalue weighted by Gasteiger charge is -2.20. The van der Waals surface area contributed by atoms with Crippen LogP contribution in [0.5, 0.6) is 5.75 Å². The Kier molecular flexibility index (Phi) is 5.37.